The summed E-state index contributed by atoms with van der Waals surface area (Å²) in [4.78, 5) is 14.5. The molecule has 1 aliphatic heterocycles. The molecule has 1 saturated heterocycles. The van der Waals surface area contributed by atoms with Gasteiger partial charge in [0.05, 0.1) is 6.54 Å². The van der Waals surface area contributed by atoms with Gasteiger partial charge in [-0.2, -0.15) is 0 Å². The number of likely N-dealkylation sites (tertiary alicyclic amines) is 1. The summed E-state index contributed by atoms with van der Waals surface area (Å²) in [6.07, 6.45) is 7.10. The van der Waals surface area contributed by atoms with Crippen LogP contribution >= 0.6 is 0 Å². The van der Waals surface area contributed by atoms with Gasteiger partial charge in [-0.05, 0) is 31.1 Å². The van der Waals surface area contributed by atoms with Crippen molar-refractivity contribution in [2.45, 2.75) is 64.5 Å². The SMILES string of the molecule is CCC1CN(CC(=O)NC2CCCCC2C)CCC1N. The summed E-state index contributed by atoms with van der Waals surface area (Å²) in [5.74, 6) is 1.38. The van der Waals surface area contributed by atoms with Crippen molar-refractivity contribution in [1.29, 1.82) is 0 Å². The lowest BCUT2D eigenvalue weighted by molar-refractivity contribution is -0.124. The Morgan fingerprint density at radius 3 is 2.75 bits per heavy atom. The summed E-state index contributed by atoms with van der Waals surface area (Å²) in [5, 5.41) is 3.25. The Balaban J connectivity index is 1.76. The van der Waals surface area contributed by atoms with E-state index in [9.17, 15) is 4.79 Å². The smallest absolute Gasteiger partial charge is 0.234 e. The molecule has 20 heavy (non-hydrogen) atoms. The fourth-order valence-electron chi connectivity index (χ4n) is 3.69. The second kappa shape index (κ2) is 7.41. The standard InChI is InChI=1S/C16H31N3O/c1-3-13-10-19(9-8-14(13)17)11-16(20)18-15-7-5-4-6-12(15)2/h12-15H,3-11,17H2,1-2H3,(H,18,20). The van der Waals surface area contributed by atoms with Crippen molar-refractivity contribution in [3.05, 3.63) is 0 Å². The highest BCUT2D eigenvalue weighted by atomic mass is 16.2. The van der Waals surface area contributed by atoms with Crippen molar-refractivity contribution in [2.24, 2.45) is 17.6 Å². The van der Waals surface area contributed by atoms with Crippen LogP contribution in [0.2, 0.25) is 0 Å². The van der Waals surface area contributed by atoms with Gasteiger partial charge in [0.2, 0.25) is 5.91 Å². The number of carbonyl (C=O) groups is 1. The second-order valence-electron chi connectivity index (χ2n) is 6.79. The number of hydrogen-bond donors (Lipinski definition) is 2. The van der Waals surface area contributed by atoms with Crippen molar-refractivity contribution < 1.29 is 4.79 Å². The Morgan fingerprint density at radius 2 is 2.05 bits per heavy atom. The molecular weight excluding hydrogens is 250 g/mol. The van der Waals surface area contributed by atoms with Crippen molar-refractivity contribution in [3.63, 3.8) is 0 Å². The van der Waals surface area contributed by atoms with Crippen molar-refractivity contribution in [2.75, 3.05) is 19.6 Å². The molecule has 3 N–H and O–H groups in total. The van der Waals surface area contributed by atoms with E-state index in [1.807, 2.05) is 0 Å². The molecule has 116 valence electrons. The van der Waals surface area contributed by atoms with E-state index in [0.29, 0.717) is 30.5 Å². The number of nitrogens with zero attached hydrogens (tertiary/aromatic N) is 1. The fraction of sp³-hybridized carbons (Fsp3) is 0.938. The predicted octanol–water partition coefficient (Wildman–Crippen LogP) is 1.74. The highest BCUT2D eigenvalue weighted by Gasteiger charge is 2.28. The largest absolute Gasteiger partial charge is 0.352 e. The summed E-state index contributed by atoms with van der Waals surface area (Å²) >= 11 is 0. The van der Waals surface area contributed by atoms with Crippen molar-refractivity contribution in [3.8, 4) is 0 Å². The van der Waals surface area contributed by atoms with Crippen LogP contribution in [0.5, 0.6) is 0 Å². The van der Waals surface area contributed by atoms with Gasteiger partial charge in [-0.1, -0.05) is 33.1 Å². The minimum absolute atomic E-state index is 0.203. The van der Waals surface area contributed by atoms with E-state index in [4.69, 9.17) is 5.73 Å². The van der Waals surface area contributed by atoms with Gasteiger partial charge in [-0.25, -0.2) is 0 Å². The normalized spacial score (nSPS) is 35.8. The Bertz CT molecular complexity index is 321. The fourth-order valence-corrected chi connectivity index (χ4v) is 3.69. The zero-order valence-electron chi connectivity index (χ0n) is 13.1. The Hall–Kier alpha value is -0.610. The number of nitrogens with one attached hydrogen (secondary N) is 1. The number of rotatable bonds is 4. The number of hydrogen-bond acceptors (Lipinski definition) is 3. The monoisotopic (exact) mass is 281 g/mol. The first-order chi connectivity index (χ1) is 9.60. The van der Waals surface area contributed by atoms with Crippen LogP contribution in [0.4, 0.5) is 0 Å². The first-order valence-electron chi connectivity index (χ1n) is 8.37. The maximum absolute atomic E-state index is 12.2. The molecule has 1 saturated carbocycles. The van der Waals surface area contributed by atoms with Gasteiger partial charge in [-0.15, -0.1) is 0 Å². The number of amides is 1. The molecule has 2 fully saturated rings. The first kappa shape index (κ1) is 15.8. The lowest BCUT2D eigenvalue weighted by Crippen LogP contribution is -2.51. The maximum atomic E-state index is 12.2. The molecule has 1 heterocycles. The van der Waals surface area contributed by atoms with E-state index in [1.54, 1.807) is 0 Å². The second-order valence-corrected chi connectivity index (χ2v) is 6.79. The van der Waals surface area contributed by atoms with Crippen molar-refractivity contribution >= 4 is 5.91 Å². The summed E-state index contributed by atoms with van der Waals surface area (Å²) in [7, 11) is 0. The molecule has 4 nitrogen and oxygen atoms in total. The molecule has 4 unspecified atom stereocenters. The predicted molar refractivity (Wildman–Crippen MR) is 82.4 cm³/mol. The summed E-state index contributed by atoms with van der Waals surface area (Å²) in [6, 6.07) is 0.711. The molecule has 2 rings (SSSR count). The van der Waals surface area contributed by atoms with Gasteiger partial charge in [0.1, 0.15) is 0 Å². The molecule has 0 radical (unpaired) electrons. The molecule has 0 bridgehead atoms. The van der Waals surface area contributed by atoms with Gasteiger partial charge in [0, 0.05) is 25.2 Å². The molecule has 1 amide bonds. The first-order valence-corrected chi connectivity index (χ1v) is 8.37. The van der Waals surface area contributed by atoms with Gasteiger partial charge < -0.3 is 11.1 Å². The number of nitrogens with two attached hydrogens (primary N) is 1. The van der Waals surface area contributed by atoms with E-state index >= 15 is 0 Å². The van der Waals surface area contributed by atoms with Gasteiger partial charge in [-0.3, -0.25) is 9.69 Å². The van der Waals surface area contributed by atoms with E-state index in [0.717, 1.165) is 32.4 Å². The molecule has 1 aliphatic carbocycles. The molecule has 0 aromatic heterocycles. The Kier molecular flexibility index (Phi) is 5.85. The van der Waals surface area contributed by atoms with Crippen LogP contribution in [0.1, 0.15) is 52.4 Å². The third-order valence-electron chi connectivity index (χ3n) is 5.23. The quantitative estimate of drug-likeness (QED) is 0.825. The van der Waals surface area contributed by atoms with E-state index in [-0.39, 0.29) is 5.91 Å². The van der Waals surface area contributed by atoms with Crippen LogP contribution in [-0.2, 0) is 4.79 Å². The molecule has 2 aliphatic rings. The average molecular weight is 281 g/mol. The highest BCUT2D eigenvalue weighted by Crippen LogP contribution is 2.24. The van der Waals surface area contributed by atoms with Gasteiger partial charge >= 0.3 is 0 Å². The van der Waals surface area contributed by atoms with E-state index in [1.165, 1.54) is 19.3 Å². The van der Waals surface area contributed by atoms with Crippen LogP contribution in [0.25, 0.3) is 0 Å². The van der Waals surface area contributed by atoms with Crippen LogP contribution in [0.3, 0.4) is 0 Å². The van der Waals surface area contributed by atoms with Gasteiger partial charge in [0.15, 0.2) is 0 Å². The molecule has 4 heteroatoms. The minimum Gasteiger partial charge on any atom is -0.352 e. The van der Waals surface area contributed by atoms with E-state index in [2.05, 4.69) is 24.1 Å². The molecule has 0 spiro atoms. The maximum Gasteiger partial charge on any atom is 0.234 e. The Labute approximate surface area is 123 Å². The number of piperidine rings is 1. The minimum atomic E-state index is 0.203. The average Bonchev–Trinajstić information content (AvgIpc) is 2.43. The molecule has 0 aromatic carbocycles. The zero-order chi connectivity index (χ0) is 14.5. The van der Waals surface area contributed by atoms with Crippen LogP contribution in [0, 0.1) is 11.8 Å². The Morgan fingerprint density at radius 1 is 1.30 bits per heavy atom. The third kappa shape index (κ3) is 4.19. The topological polar surface area (TPSA) is 58.4 Å². The van der Waals surface area contributed by atoms with Crippen LogP contribution in [0.15, 0.2) is 0 Å². The molecule has 4 atom stereocenters. The summed E-state index contributed by atoms with van der Waals surface area (Å²) in [5.41, 5.74) is 6.12. The molecular formula is C16H31N3O. The summed E-state index contributed by atoms with van der Waals surface area (Å²) in [6.45, 7) is 6.94. The lowest BCUT2D eigenvalue weighted by atomic mass is 9.86. The third-order valence-corrected chi connectivity index (χ3v) is 5.23. The van der Waals surface area contributed by atoms with Gasteiger partial charge in [0.25, 0.3) is 0 Å². The number of carbonyl (C=O) groups excluding carboxylic acids is 1. The molecule has 0 aromatic rings. The lowest BCUT2D eigenvalue weighted by Gasteiger charge is -2.36. The van der Waals surface area contributed by atoms with Crippen LogP contribution in [-0.4, -0.2) is 42.5 Å². The summed E-state index contributed by atoms with van der Waals surface area (Å²) < 4.78 is 0. The van der Waals surface area contributed by atoms with E-state index < -0.39 is 0 Å². The van der Waals surface area contributed by atoms with Crippen molar-refractivity contribution in [1.82, 2.24) is 10.2 Å². The highest BCUT2D eigenvalue weighted by molar-refractivity contribution is 5.78. The zero-order valence-corrected chi connectivity index (χ0v) is 13.1. The van der Waals surface area contributed by atoms with Crippen LogP contribution < -0.4 is 11.1 Å².